The molecule has 0 bridgehead atoms. The molecular weight excluding hydrogens is 284 g/mol. The molecule has 0 aromatic heterocycles. The van der Waals surface area contributed by atoms with Crippen LogP contribution in [0.15, 0.2) is 11.6 Å². The van der Waals surface area contributed by atoms with Gasteiger partial charge in [-0.2, -0.15) is 0 Å². The van der Waals surface area contributed by atoms with Crippen LogP contribution in [0.5, 0.6) is 0 Å². The molecule has 3 amide bonds. The Morgan fingerprint density at radius 2 is 2.00 bits per heavy atom. The lowest BCUT2D eigenvalue weighted by Crippen LogP contribution is -2.40. The molecule has 2 aliphatic rings. The Kier molecular flexibility index (Phi) is 7.13. The molecule has 21 heavy (non-hydrogen) atoms. The van der Waals surface area contributed by atoms with Crippen molar-refractivity contribution in [2.75, 3.05) is 12.3 Å². The first-order valence-electron chi connectivity index (χ1n) is 8.11. The predicted octanol–water partition coefficient (Wildman–Crippen LogP) is 3.38. The van der Waals surface area contributed by atoms with Gasteiger partial charge in [0.15, 0.2) is 0 Å². The lowest BCUT2D eigenvalue weighted by molar-refractivity contribution is -0.117. The zero-order chi connectivity index (χ0) is 14.9. The third-order valence-electron chi connectivity index (χ3n) is 4.12. The van der Waals surface area contributed by atoms with Gasteiger partial charge in [0, 0.05) is 11.8 Å². The van der Waals surface area contributed by atoms with Crippen molar-refractivity contribution in [2.24, 2.45) is 0 Å². The minimum absolute atomic E-state index is 0.179. The van der Waals surface area contributed by atoms with E-state index in [4.69, 9.17) is 0 Å². The van der Waals surface area contributed by atoms with E-state index in [1.54, 1.807) is 11.8 Å². The van der Waals surface area contributed by atoms with Crippen molar-refractivity contribution in [3.8, 4) is 0 Å². The first kappa shape index (κ1) is 16.4. The molecule has 0 aromatic carbocycles. The molecule has 4 nitrogen and oxygen atoms in total. The van der Waals surface area contributed by atoms with Crippen LogP contribution >= 0.6 is 11.8 Å². The number of carbonyl (C=O) groups is 2. The summed E-state index contributed by atoms with van der Waals surface area (Å²) in [7, 11) is 0. The van der Waals surface area contributed by atoms with Crippen LogP contribution in [0.2, 0.25) is 0 Å². The maximum Gasteiger partial charge on any atom is 0.321 e. The highest BCUT2D eigenvalue weighted by Gasteiger charge is 2.17. The fraction of sp³-hybridized carbons (Fsp3) is 0.750. The summed E-state index contributed by atoms with van der Waals surface area (Å²) in [6.07, 6.45) is 13.0. The maximum absolute atomic E-state index is 11.7. The Hall–Kier alpha value is -0.970. The largest absolute Gasteiger partial charge is 0.337 e. The second kappa shape index (κ2) is 9.13. The van der Waals surface area contributed by atoms with Gasteiger partial charge in [-0.3, -0.25) is 10.1 Å². The highest BCUT2D eigenvalue weighted by atomic mass is 32.2. The highest BCUT2D eigenvalue weighted by Crippen LogP contribution is 2.29. The van der Waals surface area contributed by atoms with Crippen LogP contribution in [-0.2, 0) is 4.79 Å². The van der Waals surface area contributed by atoms with Gasteiger partial charge in [0.25, 0.3) is 0 Å². The fourth-order valence-electron chi connectivity index (χ4n) is 2.92. The van der Waals surface area contributed by atoms with E-state index in [1.165, 1.54) is 50.5 Å². The summed E-state index contributed by atoms with van der Waals surface area (Å²) in [6.45, 7) is 0.612. The molecule has 5 heteroatoms. The normalized spacial score (nSPS) is 19.1. The van der Waals surface area contributed by atoms with E-state index in [0.717, 1.165) is 12.8 Å². The van der Waals surface area contributed by atoms with Crippen molar-refractivity contribution in [3.63, 3.8) is 0 Å². The Morgan fingerprint density at radius 1 is 1.19 bits per heavy atom. The van der Waals surface area contributed by atoms with Crippen molar-refractivity contribution >= 4 is 23.7 Å². The van der Waals surface area contributed by atoms with E-state index < -0.39 is 0 Å². The molecule has 1 saturated carbocycles. The number of thioether (sulfide) groups is 1. The van der Waals surface area contributed by atoms with Crippen LogP contribution in [0.1, 0.15) is 57.8 Å². The molecule has 0 aromatic rings. The van der Waals surface area contributed by atoms with Gasteiger partial charge in [-0.1, -0.05) is 24.5 Å². The summed E-state index contributed by atoms with van der Waals surface area (Å²) in [5, 5.41) is 5.79. The van der Waals surface area contributed by atoms with E-state index >= 15 is 0 Å². The van der Waals surface area contributed by atoms with E-state index in [-0.39, 0.29) is 11.9 Å². The van der Waals surface area contributed by atoms with Crippen LogP contribution in [-0.4, -0.2) is 29.5 Å². The second-order valence-electron chi connectivity index (χ2n) is 5.88. The van der Waals surface area contributed by atoms with E-state index in [9.17, 15) is 9.59 Å². The smallest absolute Gasteiger partial charge is 0.321 e. The average Bonchev–Trinajstić information content (AvgIpc) is 2.99. The zero-order valence-electron chi connectivity index (χ0n) is 12.7. The first-order valence-corrected chi connectivity index (χ1v) is 9.16. The summed E-state index contributed by atoms with van der Waals surface area (Å²) in [5.74, 6) is 0.213. The van der Waals surface area contributed by atoms with E-state index in [0.29, 0.717) is 17.5 Å². The Balaban J connectivity index is 1.53. The SMILES string of the molecule is O=C(CSC1CCCC1)NC(=O)NCCC1=CCCCC1. The molecule has 1 fully saturated rings. The van der Waals surface area contributed by atoms with Gasteiger partial charge >= 0.3 is 6.03 Å². The molecule has 118 valence electrons. The van der Waals surface area contributed by atoms with Crippen LogP contribution in [0.4, 0.5) is 4.79 Å². The molecule has 0 heterocycles. The lowest BCUT2D eigenvalue weighted by atomic mass is 9.97. The number of hydrogen-bond acceptors (Lipinski definition) is 3. The molecule has 2 N–H and O–H groups in total. The molecule has 2 rings (SSSR count). The van der Waals surface area contributed by atoms with Gasteiger partial charge in [0.1, 0.15) is 0 Å². The minimum atomic E-state index is -0.358. The standard InChI is InChI=1S/C16H26N2O2S/c19-15(12-21-14-8-4-5-9-14)18-16(20)17-11-10-13-6-2-1-3-7-13/h6,14H,1-5,7-12H2,(H2,17,18,19,20). The lowest BCUT2D eigenvalue weighted by Gasteiger charge is -2.13. The van der Waals surface area contributed by atoms with Gasteiger partial charge < -0.3 is 5.32 Å². The minimum Gasteiger partial charge on any atom is -0.337 e. The van der Waals surface area contributed by atoms with Crippen molar-refractivity contribution in [1.29, 1.82) is 0 Å². The number of hydrogen-bond donors (Lipinski definition) is 2. The molecule has 0 aliphatic heterocycles. The van der Waals surface area contributed by atoms with Gasteiger partial charge in [-0.05, 0) is 44.9 Å². The zero-order valence-corrected chi connectivity index (χ0v) is 13.5. The van der Waals surface area contributed by atoms with Crippen LogP contribution < -0.4 is 10.6 Å². The Morgan fingerprint density at radius 3 is 2.71 bits per heavy atom. The number of nitrogens with one attached hydrogen (secondary N) is 2. The van der Waals surface area contributed by atoms with Crippen LogP contribution in [0, 0.1) is 0 Å². The van der Waals surface area contributed by atoms with Crippen molar-refractivity contribution < 1.29 is 9.59 Å². The van der Waals surface area contributed by atoms with Gasteiger partial charge in [0.05, 0.1) is 5.75 Å². The fourth-order valence-corrected chi connectivity index (χ4v) is 4.05. The number of allylic oxidation sites excluding steroid dienone is 1. The quantitative estimate of drug-likeness (QED) is 0.739. The number of carbonyl (C=O) groups excluding carboxylic acids is 2. The Labute approximate surface area is 131 Å². The first-order chi connectivity index (χ1) is 10.2. The second-order valence-corrected chi connectivity index (χ2v) is 7.17. The molecule has 0 radical (unpaired) electrons. The average molecular weight is 310 g/mol. The van der Waals surface area contributed by atoms with Crippen molar-refractivity contribution in [2.45, 2.75) is 63.0 Å². The molecule has 2 aliphatic carbocycles. The number of imide groups is 1. The molecule has 0 unspecified atom stereocenters. The number of rotatable bonds is 6. The predicted molar refractivity (Wildman–Crippen MR) is 87.4 cm³/mol. The van der Waals surface area contributed by atoms with Crippen molar-refractivity contribution in [1.82, 2.24) is 10.6 Å². The summed E-state index contributed by atoms with van der Waals surface area (Å²) in [6, 6.07) is -0.358. The van der Waals surface area contributed by atoms with Crippen LogP contribution in [0.25, 0.3) is 0 Å². The number of urea groups is 1. The summed E-state index contributed by atoms with van der Waals surface area (Å²) >= 11 is 1.68. The van der Waals surface area contributed by atoms with Gasteiger partial charge in [-0.15, -0.1) is 11.8 Å². The van der Waals surface area contributed by atoms with Gasteiger partial charge in [0.2, 0.25) is 5.91 Å². The number of amides is 3. The maximum atomic E-state index is 11.7. The van der Waals surface area contributed by atoms with Crippen molar-refractivity contribution in [3.05, 3.63) is 11.6 Å². The summed E-state index contributed by atoms with van der Waals surface area (Å²) < 4.78 is 0. The molecule has 0 saturated heterocycles. The molecule has 0 spiro atoms. The topological polar surface area (TPSA) is 58.2 Å². The van der Waals surface area contributed by atoms with E-state index in [1.807, 2.05) is 0 Å². The molecular formula is C16H26N2O2S. The highest BCUT2D eigenvalue weighted by molar-refractivity contribution is 8.00. The third kappa shape index (κ3) is 6.55. The summed E-state index contributed by atoms with van der Waals surface area (Å²) in [5.41, 5.74) is 1.43. The third-order valence-corrected chi connectivity index (χ3v) is 5.49. The Bertz CT molecular complexity index is 390. The van der Waals surface area contributed by atoms with Gasteiger partial charge in [-0.25, -0.2) is 4.79 Å². The molecule has 0 atom stereocenters. The van der Waals surface area contributed by atoms with E-state index in [2.05, 4.69) is 16.7 Å². The summed E-state index contributed by atoms with van der Waals surface area (Å²) in [4.78, 5) is 23.3. The monoisotopic (exact) mass is 310 g/mol. The van der Waals surface area contributed by atoms with Crippen LogP contribution in [0.3, 0.4) is 0 Å².